The second kappa shape index (κ2) is 6.90. The van der Waals surface area contributed by atoms with Crippen molar-refractivity contribution in [2.24, 2.45) is 0 Å². The third-order valence-electron chi connectivity index (χ3n) is 4.55. The van der Waals surface area contributed by atoms with Crippen molar-refractivity contribution in [2.45, 2.75) is 58.0 Å². The number of carbonyl (C=O) groups is 2. The van der Waals surface area contributed by atoms with E-state index in [4.69, 9.17) is 4.52 Å². The molecule has 0 radical (unpaired) electrons. The standard InChI is InChI=1S/C19H23N3O4/c1-19(2,3)18-20-15(26-21-18)8-9-16(23)22-11-13-7-5-4-6-12(13)10-14(22)17(24)25/h4-7,14H,8-11H2,1-3H3,(H,24,25)/t14-/m0/s1. The number of carbonyl (C=O) groups excluding carboxylic acids is 1. The molecule has 1 aromatic carbocycles. The molecule has 0 saturated carbocycles. The number of aromatic nitrogens is 2. The first-order chi connectivity index (χ1) is 12.3. The maximum atomic E-state index is 12.7. The van der Waals surface area contributed by atoms with Gasteiger partial charge in [-0.25, -0.2) is 4.79 Å². The summed E-state index contributed by atoms with van der Waals surface area (Å²) in [6, 6.07) is 6.79. The summed E-state index contributed by atoms with van der Waals surface area (Å²) >= 11 is 0. The molecule has 1 amide bonds. The number of aliphatic carboxylic acids is 1. The van der Waals surface area contributed by atoms with Crippen molar-refractivity contribution in [1.82, 2.24) is 15.0 Å². The molecule has 1 atom stereocenters. The highest BCUT2D eigenvalue weighted by Crippen LogP contribution is 2.25. The Hall–Kier alpha value is -2.70. The van der Waals surface area contributed by atoms with Crippen LogP contribution >= 0.6 is 0 Å². The van der Waals surface area contributed by atoms with Gasteiger partial charge in [0.25, 0.3) is 0 Å². The van der Waals surface area contributed by atoms with Crippen molar-refractivity contribution >= 4 is 11.9 Å². The molecule has 1 N–H and O–H groups in total. The van der Waals surface area contributed by atoms with Crippen molar-refractivity contribution in [1.29, 1.82) is 0 Å². The fraction of sp³-hybridized carbons (Fsp3) is 0.474. The molecule has 7 nitrogen and oxygen atoms in total. The van der Waals surface area contributed by atoms with Crippen LogP contribution in [0.5, 0.6) is 0 Å². The van der Waals surface area contributed by atoms with Crippen LogP contribution in [0.2, 0.25) is 0 Å². The maximum absolute atomic E-state index is 12.7. The first kappa shape index (κ1) is 18.1. The second-order valence-corrected chi connectivity index (χ2v) is 7.61. The van der Waals surface area contributed by atoms with Crippen molar-refractivity contribution in [3.8, 4) is 0 Å². The van der Waals surface area contributed by atoms with E-state index < -0.39 is 12.0 Å². The maximum Gasteiger partial charge on any atom is 0.326 e. The Morgan fingerprint density at radius 2 is 1.96 bits per heavy atom. The van der Waals surface area contributed by atoms with Crippen molar-refractivity contribution in [3.63, 3.8) is 0 Å². The molecule has 0 unspecified atom stereocenters. The number of aryl methyl sites for hydroxylation is 1. The largest absolute Gasteiger partial charge is 0.480 e. The van der Waals surface area contributed by atoms with Gasteiger partial charge in [-0.3, -0.25) is 4.79 Å². The lowest BCUT2D eigenvalue weighted by Crippen LogP contribution is -2.48. The first-order valence-electron chi connectivity index (χ1n) is 8.68. The molecule has 2 heterocycles. The van der Waals surface area contributed by atoms with E-state index in [9.17, 15) is 14.7 Å². The summed E-state index contributed by atoms with van der Waals surface area (Å²) < 4.78 is 5.21. The molecule has 1 aromatic heterocycles. The summed E-state index contributed by atoms with van der Waals surface area (Å²) in [5.41, 5.74) is 1.75. The van der Waals surface area contributed by atoms with E-state index >= 15 is 0 Å². The second-order valence-electron chi connectivity index (χ2n) is 7.61. The van der Waals surface area contributed by atoms with Crippen LogP contribution in [0.15, 0.2) is 28.8 Å². The number of benzene rings is 1. The molecule has 2 aromatic rings. The minimum absolute atomic E-state index is 0.137. The fourth-order valence-electron chi connectivity index (χ4n) is 3.02. The van der Waals surface area contributed by atoms with E-state index in [-0.39, 0.29) is 17.7 Å². The van der Waals surface area contributed by atoms with E-state index in [1.54, 1.807) is 0 Å². The topological polar surface area (TPSA) is 96.5 Å². The Kier molecular flexibility index (Phi) is 4.80. The number of carboxylic acids is 1. The van der Waals surface area contributed by atoms with E-state index in [2.05, 4.69) is 10.1 Å². The van der Waals surface area contributed by atoms with Crippen molar-refractivity contribution in [2.75, 3.05) is 0 Å². The molecule has 26 heavy (non-hydrogen) atoms. The molecular formula is C19H23N3O4. The van der Waals surface area contributed by atoms with Crippen LogP contribution < -0.4 is 0 Å². The quantitative estimate of drug-likeness (QED) is 0.902. The minimum Gasteiger partial charge on any atom is -0.480 e. The molecule has 138 valence electrons. The van der Waals surface area contributed by atoms with Crippen LogP contribution in [-0.2, 0) is 34.4 Å². The zero-order chi connectivity index (χ0) is 18.9. The van der Waals surface area contributed by atoms with E-state index in [0.717, 1.165) is 11.1 Å². The molecule has 0 saturated heterocycles. The van der Waals surface area contributed by atoms with Gasteiger partial charge in [-0.1, -0.05) is 50.2 Å². The van der Waals surface area contributed by atoms with Crippen LogP contribution in [-0.4, -0.2) is 38.1 Å². The van der Waals surface area contributed by atoms with E-state index in [1.165, 1.54) is 4.90 Å². The number of hydrogen-bond acceptors (Lipinski definition) is 5. The normalized spacial score (nSPS) is 17.0. The summed E-state index contributed by atoms with van der Waals surface area (Å²) in [7, 11) is 0. The number of hydrogen-bond donors (Lipinski definition) is 1. The predicted molar refractivity (Wildman–Crippen MR) is 93.4 cm³/mol. The fourth-order valence-corrected chi connectivity index (χ4v) is 3.02. The molecule has 1 aliphatic rings. The molecule has 0 bridgehead atoms. The van der Waals surface area contributed by atoms with Crippen molar-refractivity contribution < 1.29 is 19.2 Å². The highest BCUT2D eigenvalue weighted by atomic mass is 16.5. The smallest absolute Gasteiger partial charge is 0.326 e. The van der Waals surface area contributed by atoms with Gasteiger partial charge in [-0.15, -0.1) is 0 Å². The first-order valence-corrected chi connectivity index (χ1v) is 8.68. The number of amides is 1. The van der Waals surface area contributed by atoms with Crippen LogP contribution in [0.1, 0.15) is 50.0 Å². The monoisotopic (exact) mass is 357 g/mol. The average Bonchev–Trinajstić information content (AvgIpc) is 3.08. The average molecular weight is 357 g/mol. The van der Waals surface area contributed by atoms with E-state index in [0.29, 0.717) is 31.1 Å². The van der Waals surface area contributed by atoms with Crippen LogP contribution in [0.3, 0.4) is 0 Å². The van der Waals surface area contributed by atoms with Gasteiger partial charge in [-0.2, -0.15) is 4.98 Å². The van der Waals surface area contributed by atoms with Gasteiger partial charge in [0.15, 0.2) is 5.82 Å². The number of nitrogens with zero attached hydrogens (tertiary/aromatic N) is 3. The lowest BCUT2D eigenvalue weighted by atomic mass is 9.93. The zero-order valence-corrected chi connectivity index (χ0v) is 15.2. The van der Waals surface area contributed by atoms with Crippen LogP contribution in [0.4, 0.5) is 0 Å². The predicted octanol–water partition coefficient (Wildman–Crippen LogP) is 2.34. The Morgan fingerprint density at radius 3 is 2.58 bits per heavy atom. The van der Waals surface area contributed by atoms with Gasteiger partial charge in [0.2, 0.25) is 11.8 Å². The van der Waals surface area contributed by atoms with E-state index in [1.807, 2.05) is 45.0 Å². The van der Waals surface area contributed by atoms with Gasteiger partial charge in [0.1, 0.15) is 6.04 Å². The summed E-state index contributed by atoms with van der Waals surface area (Å²) in [5, 5.41) is 13.5. The third kappa shape index (κ3) is 3.76. The van der Waals surface area contributed by atoms with Gasteiger partial charge in [-0.05, 0) is 11.1 Å². The molecule has 7 heteroatoms. The third-order valence-corrected chi connectivity index (χ3v) is 4.55. The molecule has 0 aliphatic carbocycles. The number of fused-ring (bicyclic) bond motifs is 1. The Balaban J connectivity index is 1.70. The van der Waals surface area contributed by atoms with Gasteiger partial charge < -0.3 is 14.5 Å². The Labute approximate surface area is 152 Å². The molecule has 1 aliphatic heterocycles. The van der Waals surface area contributed by atoms with Gasteiger partial charge >= 0.3 is 5.97 Å². The van der Waals surface area contributed by atoms with Crippen LogP contribution in [0, 0.1) is 0 Å². The molecule has 0 fully saturated rings. The Morgan fingerprint density at radius 1 is 1.27 bits per heavy atom. The Bertz CT molecular complexity index is 822. The highest BCUT2D eigenvalue weighted by Gasteiger charge is 2.34. The number of rotatable bonds is 4. The van der Waals surface area contributed by atoms with Crippen molar-refractivity contribution in [3.05, 3.63) is 47.1 Å². The summed E-state index contributed by atoms with van der Waals surface area (Å²) in [6.07, 6.45) is 0.760. The van der Waals surface area contributed by atoms with Gasteiger partial charge in [0, 0.05) is 31.2 Å². The molecule has 0 spiro atoms. The molecule has 3 rings (SSSR count). The minimum atomic E-state index is -0.985. The van der Waals surface area contributed by atoms with Gasteiger partial charge in [0.05, 0.1) is 0 Å². The lowest BCUT2D eigenvalue weighted by Gasteiger charge is -2.34. The zero-order valence-electron chi connectivity index (χ0n) is 15.2. The SMILES string of the molecule is CC(C)(C)c1noc(CCC(=O)N2Cc3ccccc3C[C@H]2C(=O)O)n1. The highest BCUT2D eigenvalue weighted by molar-refractivity contribution is 5.84. The summed E-state index contributed by atoms with van der Waals surface area (Å²) in [6.45, 7) is 6.25. The molecular weight excluding hydrogens is 334 g/mol. The summed E-state index contributed by atoms with van der Waals surface area (Å²) in [4.78, 5) is 30.1. The summed E-state index contributed by atoms with van der Waals surface area (Å²) in [5.74, 6) is -0.217. The lowest BCUT2D eigenvalue weighted by molar-refractivity contribution is -0.151. The van der Waals surface area contributed by atoms with Crippen LogP contribution in [0.25, 0.3) is 0 Å². The number of carboxylic acid groups (broad SMARTS) is 1.